The number of fused-ring (bicyclic) bond motifs is 1. The van der Waals surface area contributed by atoms with Gasteiger partial charge in [-0.25, -0.2) is 0 Å². The van der Waals surface area contributed by atoms with Gasteiger partial charge in [0.25, 0.3) is 5.24 Å². The number of thiol groups is 1. The van der Waals surface area contributed by atoms with Gasteiger partial charge in [-0.1, -0.05) is 48.7 Å². The first kappa shape index (κ1) is 31.1. The van der Waals surface area contributed by atoms with Gasteiger partial charge >= 0.3 is 0 Å². The van der Waals surface area contributed by atoms with Gasteiger partial charge in [-0.05, 0) is 80.7 Å². The van der Waals surface area contributed by atoms with Crippen molar-refractivity contribution in [2.45, 2.75) is 51.6 Å². The van der Waals surface area contributed by atoms with Crippen molar-refractivity contribution in [1.82, 2.24) is 24.9 Å². The predicted octanol–water partition coefficient (Wildman–Crippen LogP) is 5.68. The van der Waals surface area contributed by atoms with Crippen LogP contribution in [0, 0.1) is 11.8 Å². The van der Waals surface area contributed by atoms with Gasteiger partial charge in [0.2, 0.25) is 0 Å². The van der Waals surface area contributed by atoms with Crippen LogP contribution in [0.25, 0.3) is 10.9 Å². The number of benzene rings is 1. The molecule has 214 valence electrons. The number of amides is 1. The summed E-state index contributed by atoms with van der Waals surface area (Å²) in [7, 11) is 1.66. The van der Waals surface area contributed by atoms with Crippen LogP contribution in [0.1, 0.15) is 37.4 Å². The summed E-state index contributed by atoms with van der Waals surface area (Å²) in [4.78, 5) is 18.8. The van der Waals surface area contributed by atoms with Crippen LogP contribution >= 0.6 is 12.6 Å². The number of aliphatic hydroxyl groups is 1. The van der Waals surface area contributed by atoms with Crippen LogP contribution in [0.3, 0.4) is 0 Å². The average molecular weight is 564 g/mol. The number of aliphatic hydroxyl groups excluding tert-OH is 1. The molecule has 3 atom stereocenters. The van der Waals surface area contributed by atoms with E-state index in [9.17, 15) is 4.79 Å². The molecule has 3 heterocycles. The molecular formula is C31H41N5O3S. The molecule has 9 heteroatoms. The molecule has 40 heavy (non-hydrogen) atoms. The first-order valence-corrected chi connectivity index (χ1v) is 14.1. The maximum absolute atomic E-state index is 12.4. The number of ether oxygens (including phenoxy) is 1. The highest BCUT2D eigenvalue weighted by atomic mass is 32.1. The van der Waals surface area contributed by atoms with E-state index >= 15 is 0 Å². The number of nitrogens with zero attached hydrogens (tertiary/aromatic N) is 5. The van der Waals surface area contributed by atoms with Crippen molar-refractivity contribution < 1.29 is 14.6 Å². The summed E-state index contributed by atoms with van der Waals surface area (Å²) in [6.45, 7) is 14.5. The third-order valence-corrected chi connectivity index (χ3v) is 7.59. The summed E-state index contributed by atoms with van der Waals surface area (Å²) >= 11 is 4.18. The molecule has 1 saturated heterocycles. The quantitative estimate of drug-likeness (QED) is 0.177. The number of methoxy groups -OCH3 is 1. The Kier molecular flexibility index (Phi) is 12.0. The molecule has 1 aliphatic rings. The van der Waals surface area contributed by atoms with Crippen LogP contribution in [0.5, 0.6) is 5.75 Å². The highest BCUT2D eigenvalue weighted by Gasteiger charge is 2.34. The van der Waals surface area contributed by atoms with Crippen molar-refractivity contribution in [3.8, 4) is 5.75 Å². The van der Waals surface area contributed by atoms with E-state index in [0.29, 0.717) is 38.3 Å². The Morgan fingerprint density at radius 2 is 2.10 bits per heavy atom. The van der Waals surface area contributed by atoms with Gasteiger partial charge in [-0.3, -0.25) is 14.5 Å². The summed E-state index contributed by atoms with van der Waals surface area (Å²) in [5.41, 5.74) is 3.95. The minimum Gasteiger partial charge on any atom is -0.497 e. The van der Waals surface area contributed by atoms with Gasteiger partial charge in [0, 0.05) is 43.5 Å². The molecule has 0 bridgehead atoms. The van der Waals surface area contributed by atoms with Gasteiger partial charge < -0.3 is 14.7 Å². The molecule has 0 aliphatic carbocycles. The molecule has 4 rings (SSSR count). The van der Waals surface area contributed by atoms with E-state index in [4.69, 9.17) is 9.84 Å². The van der Waals surface area contributed by atoms with Gasteiger partial charge in [0.15, 0.2) is 0 Å². The zero-order chi connectivity index (χ0) is 29.1. The van der Waals surface area contributed by atoms with Gasteiger partial charge in [-0.15, -0.1) is 11.7 Å². The summed E-state index contributed by atoms with van der Waals surface area (Å²) in [6, 6.07) is 7.93. The number of carbonyl (C=O) groups is 1. The predicted molar refractivity (Wildman–Crippen MR) is 164 cm³/mol. The van der Waals surface area contributed by atoms with Crippen LogP contribution in [0.15, 0.2) is 74.1 Å². The summed E-state index contributed by atoms with van der Waals surface area (Å²) in [6.07, 6.45) is 11.3. The Morgan fingerprint density at radius 3 is 2.75 bits per heavy atom. The van der Waals surface area contributed by atoms with Crippen LogP contribution in [-0.4, -0.2) is 61.5 Å². The van der Waals surface area contributed by atoms with Crippen LogP contribution in [0.4, 0.5) is 4.79 Å². The van der Waals surface area contributed by atoms with Crippen molar-refractivity contribution in [3.05, 3.63) is 85.4 Å². The number of rotatable bonds is 11. The number of aryl methyl sites for hydroxylation is 1. The van der Waals surface area contributed by atoms with Crippen molar-refractivity contribution in [2.24, 2.45) is 11.8 Å². The first-order valence-electron chi connectivity index (χ1n) is 13.6. The average Bonchev–Trinajstić information content (AvgIpc) is 3.42. The second-order valence-corrected chi connectivity index (χ2v) is 10.6. The highest BCUT2D eigenvalue weighted by molar-refractivity contribution is 7.96. The van der Waals surface area contributed by atoms with Gasteiger partial charge in [0.1, 0.15) is 5.75 Å². The second-order valence-electron chi connectivity index (χ2n) is 10.2. The Bertz CT molecular complexity index is 1310. The molecule has 1 aliphatic heterocycles. The lowest BCUT2D eigenvalue weighted by atomic mass is 9.79. The molecule has 1 aromatic carbocycles. The fourth-order valence-electron chi connectivity index (χ4n) is 5.09. The number of hydrogen-bond donors (Lipinski definition) is 2. The summed E-state index contributed by atoms with van der Waals surface area (Å²) < 4.78 is 7.30. The van der Waals surface area contributed by atoms with E-state index < -0.39 is 0 Å². The van der Waals surface area contributed by atoms with Gasteiger partial charge in [0.05, 0.1) is 18.3 Å². The van der Waals surface area contributed by atoms with E-state index in [0.717, 1.165) is 46.3 Å². The topological polar surface area (TPSA) is 93.4 Å². The summed E-state index contributed by atoms with van der Waals surface area (Å²) in [5.74, 6) is 1.35. The molecule has 8 nitrogen and oxygen atoms in total. The molecule has 0 radical (unpaired) electrons. The fourth-order valence-corrected chi connectivity index (χ4v) is 5.36. The normalized spacial score (nSPS) is 17.4. The Labute approximate surface area is 242 Å². The third-order valence-electron chi connectivity index (χ3n) is 7.33. The Balaban J connectivity index is 0.000000810. The first-order chi connectivity index (χ1) is 19.3. The van der Waals surface area contributed by atoms with E-state index in [2.05, 4.69) is 47.7 Å². The largest absolute Gasteiger partial charge is 0.497 e. The number of carbonyl (C=O) groups excluding carboxylic acids is 1. The Morgan fingerprint density at radius 1 is 1.32 bits per heavy atom. The zero-order valence-corrected chi connectivity index (χ0v) is 24.5. The molecule has 0 saturated carbocycles. The van der Waals surface area contributed by atoms with E-state index in [1.807, 2.05) is 59.2 Å². The van der Waals surface area contributed by atoms with E-state index in [-0.39, 0.29) is 23.8 Å². The van der Waals surface area contributed by atoms with Crippen molar-refractivity contribution in [1.29, 1.82) is 0 Å². The molecule has 1 N–H and O–H groups in total. The smallest absolute Gasteiger partial charge is 0.278 e. The number of aromatic nitrogens is 4. The minimum atomic E-state index is -0.190. The Hall–Kier alpha value is -3.43. The second kappa shape index (κ2) is 15.4. The lowest BCUT2D eigenvalue weighted by Crippen LogP contribution is -2.46. The van der Waals surface area contributed by atoms with E-state index in [1.54, 1.807) is 13.2 Å². The fraction of sp³-hybridized carbons (Fsp3) is 0.419. The standard InChI is InChI=1S/C26H33N5O3S.C5H8/c1-3-18(16-30-17-21(28-29-30)5-4-12-32)19-9-11-31(26(33)35)22(13-19)14-20-8-10-27-25-7-6-23(34-2)15-24(20)25;1-4-5(2)3/h3,6-8,10,15,17-19,22,32H,1,4-5,9,11-14,16H2,2H3,(H,33,35);4H,1-2H2,3H3. The van der Waals surface area contributed by atoms with Gasteiger partial charge in [-0.2, -0.15) is 0 Å². The van der Waals surface area contributed by atoms with Crippen molar-refractivity contribution in [2.75, 3.05) is 20.3 Å². The number of likely N-dealkylation sites (tertiary alicyclic amines) is 1. The molecular weight excluding hydrogens is 522 g/mol. The highest BCUT2D eigenvalue weighted by Crippen LogP contribution is 2.34. The molecule has 1 fully saturated rings. The SMILES string of the molecule is C=CC(=C)C.C=CC(Cn1cc(CCCO)nn1)C1CCN(C(=O)S)C(Cc2ccnc3ccc(OC)cc23)C1. The maximum atomic E-state index is 12.4. The number of piperidine rings is 1. The van der Waals surface area contributed by atoms with Crippen LogP contribution in [-0.2, 0) is 19.4 Å². The molecule has 2 aromatic heterocycles. The number of allylic oxidation sites excluding steroid dienone is 3. The zero-order valence-electron chi connectivity index (χ0n) is 23.6. The van der Waals surface area contributed by atoms with E-state index in [1.165, 1.54) is 0 Å². The number of hydrogen-bond acceptors (Lipinski definition) is 6. The molecule has 0 spiro atoms. The van der Waals surface area contributed by atoms with Crippen LogP contribution in [0.2, 0.25) is 0 Å². The lowest BCUT2D eigenvalue weighted by molar-refractivity contribution is 0.123. The third kappa shape index (κ3) is 8.53. The minimum absolute atomic E-state index is 0.0221. The summed E-state index contributed by atoms with van der Waals surface area (Å²) in [5, 5.41) is 18.4. The maximum Gasteiger partial charge on any atom is 0.278 e. The lowest BCUT2D eigenvalue weighted by Gasteiger charge is -2.41. The monoisotopic (exact) mass is 563 g/mol. The van der Waals surface area contributed by atoms with Crippen molar-refractivity contribution >= 4 is 28.8 Å². The van der Waals surface area contributed by atoms with Crippen molar-refractivity contribution in [3.63, 3.8) is 0 Å². The van der Waals surface area contributed by atoms with Crippen LogP contribution < -0.4 is 4.74 Å². The molecule has 1 amide bonds. The number of pyridine rings is 1. The molecule has 3 unspecified atom stereocenters. The molecule has 3 aromatic rings.